The fourth-order valence-electron chi connectivity index (χ4n) is 2.53. The summed E-state index contributed by atoms with van der Waals surface area (Å²) in [7, 11) is 0. The minimum absolute atomic E-state index is 0.0247. The smallest absolute Gasteiger partial charge is 0.229 e. The maximum atomic E-state index is 12.4. The van der Waals surface area contributed by atoms with Gasteiger partial charge in [-0.25, -0.2) is 0 Å². The lowest BCUT2D eigenvalue weighted by molar-refractivity contribution is -0.122. The van der Waals surface area contributed by atoms with Gasteiger partial charge in [0, 0.05) is 33.3 Å². The molecule has 2 amide bonds. The van der Waals surface area contributed by atoms with Gasteiger partial charge in [-0.05, 0) is 48.5 Å². The Kier molecular flexibility index (Phi) is 4.82. The number of nitrogens with zero attached hydrogens (tertiary/aromatic N) is 1. The molecule has 1 heterocycles. The Morgan fingerprint density at radius 2 is 1.57 bits per heavy atom. The highest BCUT2D eigenvalue weighted by Crippen LogP contribution is 2.27. The van der Waals surface area contributed by atoms with E-state index >= 15 is 0 Å². The predicted octanol–water partition coefficient (Wildman–Crippen LogP) is 4.20. The molecule has 23 heavy (non-hydrogen) atoms. The molecule has 1 aliphatic rings. The summed E-state index contributed by atoms with van der Waals surface area (Å²) in [4.78, 5) is 26.2. The van der Waals surface area contributed by atoms with Crippen LogP contribution in [-0.2, 0) is 9.59 Å². The third-order valence-corrected chi connectivity index (χ3v) is 4.80. The lowest BCUT2D eigenvalue weighted by Crippen LogP contribution is -2.28. The van der Waals surface area contributed by atoms with Crippen molar-refractivity contribution in [2.75, 3.05) is 16.8 Å². The van der Waals surface area contributed by atoms with Crippen molar-refractivity contribution in [2.24, 2.45) is 5.92 Å². The second-order valence-electron chi connectivity index (χ2n) is 5.38. The van der Waals surface area contributed by atoms with E-state index in [2.05, 4.69) is 37.2 Å². The average Bonchev–Trinajstić information content (AvgIpc) is 2.92. The Labute approximate surface area is 151 Å². The van der Waals surface area contributed by atoms with Crippen LogP contribution in [0.1, 0.15) is 6.42 Å². The molecule has 0 aliphatic carbocycles. The van der Waals surface area contributed by atoms with Crippen LogP contribution in [0, 0.1) is 5.92 Å². The van der Waals surface area contributed by atoms with Gasteiger partial charge in [0.15, 0.2) is 0 Å². The quantitative estimate of drug-likeness (QED) is 0.782. The summed E-state index contributed by atoms with van der Waals surface area (Å²) < 4.78 is 1.91. The number of hydrogen-bond acceptors (Lipinski definition) is 2. The van der Waals surface area contributed by atoms with Gasteiger partial charge in [0.1, 0.15) is 0 Å². The molecule has 3 rings (SSSR count). The molecular weight excluding hydrogens is 424 g/mol. The first-order chi connectivity index (χ1) is 11.0. The molecule has 1 N–H and O–H groups in total. The van der Waals surface area contributed by atoms with Gasteiger partial charge in [-0.15, -0.1) is 0 Å². The van der Waals surface area contributed by atoms with E-state index in [1.165, 1.54) is 0 Å². The SMILES string of the molecule is O=C(Nc1ccc(Br)cc1)[C@H]1CC(=O)N(c2ccc(Br)cc2)C1. The number of carbonyl (C=O) groups is 2. The third kappa shape index (κ3) is 3.82. The van der Waals surface area contributed by atoms with E-state index in [0.29, 0.717) is 6.54 Å². The number of halogens is 2. The molecule has 0 bridgehead atoms. The van der Waals surface area contributed by atoms with Crippen LogP contribution < -0.4 is 10.2 Å². The maximum absolute atomic E-state index is 12.4. The van der Waals surface area contributed by atoms with Gasteiger partial charge in [0.25, 0.3) is 0 Å². The first kappa shape index (κ1) is 16.2. The normalized spacial score (nSPS) is 17.4. The van der Waals surface area contributed by atoms with Crippen LogP contribution in [0.2, 0.25) is 0 Å². The van der Waals surface area contributed by atoms with E-state index < -0.39 is 0 Å². The minimum Gasteiger partial charge on any atom is -0.326 e. The molecule has 2 aromatic rings. The van der Waals surface area contributed by atoms with Gasteiger partial charge in [-0.2, -0.15) is 0 Å². The van der Waals surface area contributed by atoms with E-state index in [1.807, 2.05) is 48.5 Å². The molecule has 6 heteroatoms. The molecule has 1 saturated heterocycles. The topological polar surface area (TPSA) is 49.4 Å². The molecule has 0 radical (unpaired) electrons. The largest absolute Gasteiger partial charge is 0.326 e. The summed E-state index contributed by atoms with van der Waals surface area (Å²) in [6, 6.07) is 14.9. The van der Waals surface area contributed by atoms with Crippen LogP contribution >= 0.6 is 31.9 Å². The van der Waals surface area contributed by atoms with Crippen LogP contribution in [0.4, 0.5) is 11.4 Å². The van der Waals surface area contributed by atoms with E-state index in [4.69, 9.17) is 0 Å². The Morgan fingerprint density at radius 3 is 2.17 bits per heavy atom. The Hall–Kier alpha value is -1.66. The summed E-state index contributed by atoms with van der Waals surface area (Å²) in [5.41, 5.74) is 1.55. The Balaban J connectivity index is 1.68. The van der Waals surface area contributed by atoms with Gasteiger partial charge in [0.05, 0.1) is 5.92 Å². The molecule has 1 atom stereocenters. The fourth-order valence-corrected chi connectivity index (χ4v) is 3.06. The lowest BCUT2D eigenvalue weighted by Gasteiger charge is -2.16. The fraction of sp³-hybridized carbons (Fsp3) is 0.176. The zero-order chi connectivity index (χ0) is 16.4. The molecule has 1 fully saturated rings. The second-order valence-corrected chi connectivity index (χ2v) is 7.21. The van der Waals surface area contributed by atoms with Crippen molar-refractivity contribution in [1.82, 2.24) is 0 Å². The lowest BCUT2D eigenvalue weighted by atomic mass is 10.1. The first-order valence-corrected chi connectivity index (χ1v) is 8.74. The summed E-state index contributed by atoms with van der Waals surface area (Å²) in [5, 5.41) is 2.87. The van der Waals surface area contributed by atoms with Crippen molar-refractivity contribution >= 4 is 55.0 Å². The Morgan fingerprint density at radius 1 is 1.00 bits per heavy atom. The number of nitrogens with one attached hydrogen (secondary N) is 1. The van der Waals surface area contributed by atoms with Crippen molar-refractivity contribution in [3.63, 3.8) is 0 Å². The van der Waals surface area contributed by atoms with E-state index in [9.17, 15) is 9.59 Å². The molecule has 0 unspecified atom stereocenters. The number of benzene rings is 2. The average molecular weight is 438 g/mol. The highest BCUT2D eigenvalue weighted by molar-refractivity contribution is 9.10. The van der Waals surface area contributed by atoms with Gasteiger partial charge in [-0.3, -0.25) is 9.59 Å². The number of amides is 2. The predicted molar refractivity (Wildman–Crippen MR) is 97.4 cm³/mol. The number of carbonyl (C=O) groups excluding carboxylic acids is 2. The van der Waals surface area contributed by atoms with Crippen LogP contribution in [0.5, 0.6) is 0 Å². The number of rotatable bonds is 3. The van der Waals surface area contributed by atoms with Crippen molar-refractivity contribution < 1.29 is 9.59 Å². The molecular formula is C17H14Br2N2O2. The standard InChI is InChI=1S/C17H14Br2N2O2/c18-12-1-5-14(6-2-12)20-17(23)11-9-16(22)21(10-11)15-7-3-13(19)4-8-15/h1-8,11H,9-10H2,(H,20,23)/t11-/m0/s1. The second kappa shape index (κ2) is 6.84. The molecule has 0 aromatic heterocycles. The van der Waals surface area contributed by atoms with Gasteiger partial charge in [0.2, 0.25) is 11.8 Å². The monoisotopic (exact) mass is 436 g/mol. The first-order valence-electron chi connectivity index (χ1n) is 7.15. The Bertz CT molecular complexity index is 729. The van der Waals surface area contributed by atoms with Gasteiger partial charge >= 0.3 is 0 Å². The van der Waals surface area contributed by atoms with Gasteiger partial charge < -0.3 is 10.2 Å². The van der Waals surface area contributed by atoms with Crippen LogP contribution in [0.3, 0.4) is 0 Å². The number of hydrogen-bond donors (Lipinski definition) is 1. The molecule has 0 spiro atoms. The highest BCUT2D eigenvalue weighted by Gasteiger charge is 2.35. The van der Waals surface area contributed by atoms with Crippen molar-refractivity contribution in [3.8, 4) is 0 Å². The summed E-state index contributed by atoms with van der Waals surface area (Å²) in [6.45, 7) is 0.406. The van der Waals surface area contributed by atoms with Crippen LogP contribution in [0.25, 0.3) is 0 Å². The summed E-state index contributed by atoms with van der Waals surface area (Å²) in [6.07, 6.45) is 0.235. The van der Waals surface area contributed by atoms with Crippen molar-refractivity contribution in [1.29, 1.82) is 0 Å². The van der Waals surface area contributed by atoms with Crippen molar-refractivity contribution in [3.05, 3.63) is 57.5 Å². The van der Waals surface area contributed by atoms with Gasteiger partial charge in [-0.1, -0.05) is 31.9 Å². The van der Waals surface area contributed by atoms with E-state index in [0.717, 1.165) is 20.3 Å². The molecule has 4 nitrogen and oxygen atoms in total. The summed E-state index contributed by atoms with van der Waals surface area (Å²) >= 11 is 6.73. The number of anilines is 2. The zero-order valence-electron chi connectivity index (χ0n) is 12.1. The molecule has 2 aromatic carbocycles. The van der Waals surface area contributed by atoms with E-state index in [1.54, 1.807) is 4.90 Å². The molecule has 1 aliphatic heterocycles. The third-order valence-electron chi connectivity index (χ3n) is 3.75. The minimum atomic E-state index is -0.338. The zero-order valence-corrected chi connectivity index (χ0v) is 15.3. The molecule has 118 valence electrons. The molecule has 0 saturated carbocycles. The maximum Gasteiger partial charge on any atom is 0.229 e. The van der Waals surface area contributed by atoms with Crippen molar-refractivity contribution in [2.45, 2.75) is 6.42 Å². The van der Waals surface area contributed by atoms with E-state index in [-0.39, 0.29) is 24.2 Å². The summed E-state index contributed by atoms with van der Waals surface area (Å²) in [5.74, 6) is -0.488. The van der Waals surface area contributed by atoms with Crippen LogP contribution in [-0.4, -0.2) is 18.4 Å². The highest BCUT2D eigenvalue weighted by atomic mass is 79.9. The van der Waals surface area contributed by atoms with Crippen LogP contribution in [0.15, 0.2) is 57.5 Å².